The second kappa shape index (κ2) is 6.33. The fourth-order valence-corrected chi connectivity index (χ4v) is 1.81. The van der Waals surface area contributed by atoms with Gasteiger partial charge in [0.25, 0.3) is 0 Å². The molecule has 0 aliphatic heterocycles. The third kappa shape index (κ3) is 3.79. The van der Waals surface area contributed by atoms with Gasteiger partial charge < -0.3 is 10.5 Å². The third-order valence-electron chi connectivity index (χ3n) is 2.93. The van der Waals surface area contributed by atoms with Gasteiger partial charge in [0.15, 0.2) is 0 Å². The van der Waals surface area contributed by atoms with Crippen LogP contribution in [0.4, 0.5) is 0 Å². The number of aromatic nitrogens is 3. The third-order valence-corrected chi connectivity index (χ3v) is 2.93. The van der Waals surface area contributed by atoms with Crippen LogP contribution < -0.4 is 10.5 Å². The molecule has 0 unspecified atom stereocenters. The van der Waals surface area contributed by atoms with Gasteiger partial charge in [0.2, 0.25) is 0 Å². The fraction of sp³-hybridized carbons (Fsp3) is 0.429. The van der Waals surface area contributed by atoms with E-state index in [1.54, 1.807) is 4.68 Å². The Hall–Kier alpha value is -1.88. The Bertz CT molecular complexity index is 536. The lowest BCUT2D eigenvalue weighted by molar-refractivity contribution is 0.296. The van der Waals surface area contributed by atoms with E-state index in [2.05, 4.69) is 42.4 Å². The Balaban J connectivity index is 1.79. The Morgan fingerprint density at radius 2 is 2.16 bits per heavy atom. The van der Waals surface area contributed by atoms with Gasteiger partial charge in [-0.3, -0.25) is 4.68 Å². The van der Waals surface area contributed by atoms with E-state index in [4.69, 9.17) is 10.5 Å². The van der Waals surface area contributed by atoms with Crippen molar-refractivity contribution in [2.45, 2.75) is 33.4 Å². The number of benzene rings is 1. The molecule has 1 aromatic carbocycles. The molecule has 0 atom stereocenters. The molecule has 2 rings (SSSR count). The number of hydrogen-bond acceptors (Lipinski definition) is 4. The van der Waals surface area contributed by atoms with E-state index >= 15 is 0 Å². The van der Waals surface area contributed by atoms with Gasteiger partial charge in [-0.2, -0.15) is 0 Å². The van der Waals surface area contributed by atoms with Crippen molar-refractivity contribution in [3.63, 3.8) is 0 Å². The van der Waals surface area contributed by atoms with E-state index in [1.807, 2.05) is 6.20 Å². The minimum absolute atomic E-state index is 0.430. The average Bonchev–Trinajstić information content (AvgIpc) is 2.86. The van der Waals surface area contributed by atoms with Crippen LogP contribution in [-0.4, -0.2) is 21.6 Å². The van der Waals surface area contributed by atoms with E-state index in [0.29, 0.717) is 13.2 Å². The molecule has 0 bridgehead atoms. The molecule has 0 radical (unpaired) electrons. The van der Waals surface area contributed by atoms with E-state index < -0.39 is 0 Å². The summed E-state index contributed by atoms with van der Waals surface area (Å²) >= 11 is 0. The number of rotatable bonds is 6. The quantitative estimate of drug-likeness (QED) is 0.805. The van der Waals surface area contributed by atoms with Crippen molar-refractivity contribution in [2.24, 2.45) is 5.73 Å². The van der Waals surface area contributed by atoms with Crippen LogP contribution in [0.25, 0.3) is 0 Å². The van der Waals surface area contributed by atoms with E-state index in [-0.39, 0.29) is 0 Å². The lowest BCUT2D eigenvalue weighted by atomic mass is 10.1. The molecule has 5 heteroatoms. The molecule has 0 spiro atoms. The summed E-state index contributed by atoms with van der Waals surface area (Å²) in [5.74, 6) is 0.959. The summed E-state index contributed by atoms with van der Waals surface area (Å²) in [6.45, 7) is 6.01. The van der Waals surface area contributed by atoms with Gasteiger partial charge in [-0.1, -0.05) is 17.3 Å². The molecular formula is C14H20N4O. The molecule has 0 saturated heterocycles. The van der Waals surface area contributed by atoms with Crippen molar-refractivity contribution in [3.05, 3.63) is 41.2 Å². The van der Waals surface area contributed by atoms with Crippen LogP contribution in [0.1, 0.15) is 23.2 Å². The second-order valence-corrected chi connectivity index (χ2v) is 4.65. The van der Waals surface area contributed by atoms with Crippen LogP contribution in [0.3, 0.4) is 0 Å². The van der Waals surface area contributed by atoms with Crippen LogP contribution >= 0.6 is 0 Å². The van der Waals surface area contributed by atoms with Crippen molar-refractivity contribution >= 4 is 0 Å². The largest absolute Gasteiger partial charge is 0.493 e. The Morgan fingerprint density at radius 1 is 1.32 bits per heavy atom. The highest BCUT2D eigenvalue weighted by atomic mass is 16.5. The van der Waals surface area contributed by atoms with Gasteiger partial charge in [0.05, 0.1) is 12.3 Å². The summed E-state index contributed by atoms with van der Waals surface area (Å²) in [6, 6.07) is 6.24. The summed E-state index contributed by atoms with van der Waals surface area (Å²) in [7, 11) is 0. The molecule has 1 heterocycles. The van der Waals surface area contributed by atoms with Crippen LogP contribution in [0.2, 0.25) is 0 Å². The molecule has 0 aliphatic rings. The minimum atomic E-state index is 0.430. The van der Waals surface area contributed by atoms with E-state index in [9.17, 15) is 0 Å². The zero-order valence-electron chi connectivity index (χ0n) is 11.5. The number of nitrogens with two attached hydrogens (primary N) is 1. The predicted octanol–water partition coefficient (Wildman–Crippen LogP) is 1.82. The zero-order valence-corrected chi connectivity index (χ0v) is 11.5. The van der Waals surface area contributed by atoms with Crippen molar-refractivity contribution in [1.82, 2.24) is 15.0 Å². The number of aryl methyl sites for hydroxylation is 3. The smallest absolute Gasteiger partial charge is 0.122 e. The monoisotopic (exact) mass is 260 g/mol. The van der Waals surface area contributed by atoms with Crippen LogP contribution in [0, 0.1) is 13.8 Å². The normalized spacial score (nSPS) is 10.7. The summed E-state index contributed by atoms with van der Waals surface area (Å²) < 4.78 is 7.59. The topological polar surface area (TPSA) is 66.0 Å². The van der Waals surface area contributed by atoms with Gasteiger partial charge in [-0.15, -0.1) is 5.10 Å². The van der Waals surface area contributed by atoms with E-state index in [1.165, 1.54) is 5.56 Å². The highest BCUT2D eigenvalue weighted by Gasteiger charge is 2.01. The first-order valence-electron chi connectivity index (χ1n) is 6.48. The maximum absolute atomic E-state index is 5.79. The molecular weight excluding hydrogens is 240 g/mol. The first-order valence-corrected chi connectivity index (χ1v) is 6.48. The number of nitrogens with zero attached hydrogens (tertiary/aromatic N) is 3. The van der Waals surface area contributed by atoms with Gasteiger partial charge >= 0.3 is 0 Å². The number of hydrogen-bond donors (Lipinski definition) is 1. The maximum atomic E-state index is 5.79. The molecule has 0 amide bonds. The van der Waals surface area contributed by atoms with Gasteiger partial charge in [-0.25, -0.2) is 0 Å². The van der Waals surface area contributed by atoms with Gasteiger partial charge in [0, 0.05) is 25.7 Å². The minimum Gasteiger partial charge on any atom is -0.493 e. The van der Waals surface area contributed by atoms with Crippen LogP contribution in [0.5, 0.6) is 5.75 Å². The van der Waals surface area contributed by atoms with Crippen molar-refractivity contribution in [2.75, 3.05) is 6.61 Å². The number of ether oxygens (including phenoxy) is 1. The Labute approximate surface area is 113 Å². The Kier molecular flexibility index (Phi) is 4.52. The summed E-state index contributed by atoms with van der Waals surface area (Å²) in [5.41, 5.74) is 8.68. The lowest BCUT2D eigenvalue weighted by Crippen LogP contribution is -2.06. The maximum Gasteiger partial charge on any atom is 0.122 e. The SMILES string of the molecule is Cc1ccc(C)c(OCCCn2cc(CN)nn2)c1. The molecule has 5 nitrogen and oxygen atoms in total. The van der Waals surface area contributed by atoms with Crippen molar-refractivity contribution in [1.29, 1.82) is 0 Å². The summed E-state index contributed by atoms with van der Waals surface area (Å²) in [4.78, 5) is 0. The van der Waals surface area contributed by atoms with Crippen LogP contribution in [-0.2, 0) is 13.1 Å². The summed E-state index contributed by atoms with van der Waals surface area (Å²) in [6.07, 6.45) is 2.76. The first-order chi connectivity index (χ1) is 9.19. The molecule has 1 aromatic heterocycles. The first kappa shape index (κ1) is 13.5. The molecule has 2 aromatic rings. The molecule has 0 saturated carbocycles. The molecule has 0 aliphatic carbocycles. The van der Waals surface area contributed by atoms with Gasteiger partial charge in [0.1, 0.15) is 5.75 Å². The molecule has 19 heavy (non-hydrogen) atoms. The van der Waals surface area contributed by atoms with Crippen molar-refractivity contribution < 1.29 is 4.74 Å². The standard InChI is InChI=1S/C14H20N4O/c1-11-4-5-12(2)14(8-11)19-7-3-6-18-10-13(9-15)16-17-18/h4-5,8,10H,3,6-7,9,15H2,1-2H3. The Morgan fingerprint density at radius 3 is 2.89 bits per heavy atom. The average molecular weight is 260 g/mol. The molecule has 0 fully saturated rings. The second-order valence-electron chi connectivity index (χ2n) is 4.65. The van der Waals surface area contributed by atoms with E-state index in [0.717, 1.165) is 30.0 Å². The fourth-order valence-electron chi connectivity index (χ4n) is 1.81. The zero-order chi connectivity index (χ0) is 13.7. The lowest BCUT2D eigenvalue weighted by Gasteiger charge is -2.09. The highest BCUT2D eigenvalue weighted by Crippen LogP contribution is 2.19. The predicted molar refractivity (Wildman–Crippen MR) is 73.9 cm³/mol. The van der Waals surface area contributed by atoms with Crippen LogP contribution in [0.15, 0.2) is 24.4 Å². The van der Waals surface area contributed by atoms with Gasteiger partial charge in [-0.05, 0) is 31.0 Å². The highest BCUT2D eigenvalue weighted by molar-refractivity contribution is 5.35. The molecule has 102 valence electrons. The molecule has 2 N–H and O–H groups in total. The summed E-state index contributed by atoms with van der Waals surface area (Å²) in [5, 5.41) is 7.94. The van der Waals surface area contributed by atoms with Crippen molar-refractivity contribution in [3.8, 4) is 5.75 Å².